The SMILES string of the molecule is C=CCOc1ccc(C2c3c(oc4ccccc4c3=O)C(=O)N2c2ccccc2)cc1OC. The van der Waals surface area contributed by atoms with Crippen molar-refractivity contribution in [2.45, 2.75) is 6.04 Å². The number of hydrogen-bond acceptors (Lipinski definition) is 5. The van der Waals surface area contributed by atoms with Crippen molar-refractivity contribution in [2.24, 2.45) is 0 Å². The van der Waals surface area contributed by atoms with Crippen LogP contribution in [0.3, 0.4) is 0 Å². The zero-order valence-electron chi connectivity index (χ0n) is 18.0. The van der Waals surface area contributed by atoms with Crippen molar-refractivity contribution in [3.05, 3.63) is 113 Å². The van der Waals surface area contributed by atoms with Crippen molar-refractivity contribution in [1.29, 1.82) is 0 Å². The summed E-state index contributed by atoms with van der Waals surface area (Å²) in [6, 6.07) is 20.9. The van der Waals surface area contributed by atoms with Gasteiger partial charge in [-0.3, -0.25) is 14.5 Å². The summed E-state index contributed by atoms with van der Waals surface area (Å²) in [5, 5.41) is 0.432. The molecule has 2 heterocycles. The first-order chi connectivity index (χ1) is 16.1. The number of amides is 1. The van der Waals surface area contributed by atoms with Crippen LogP contribution < -0.4 is 19.8 Å². The van der Waals surface area contributed by atoms with Crippen LogP contribution in [-0.2, 0) is 0 Å². The molecule has 1 amide bonds. The Bertz CT molecular complexity index is 1420. The minimum atomic E-state index is -0.682. The molecule has 1 aromatic heterocycles. The van der Waals surface area contributed by atoms with E-state index in [1.807, 2.05) is 36.4 Å². The predicted octanol–water partition coefficient (Wildman–Crippen LogP) is 5.12. The molecular weight excluding hydrogens is 418 g/mol. The Morgan fingerprint density at radius 2 is 1.76 bits per heavy atom. The van der Waals surface area contributed by atoms with Gasteiger partial charge in [-0.05, 0) is 42.0 Å². The van der Waals surface area contributed by atoms with Crippen molar-refractivity contribution in [2.75, 3.05) is 18.6 Å². The Hall–Kier alpha value is -4.32. The van der Waals surface area contributed by atoms with Crippen LogP contribution in [0.2, 0.25) is 0 Å². The molecule has 1 aliphatic heterocycles. The van der Waals surface area contributed by atoms with Crippen molar-refractivity contribution >= 4 is 22.6 Å². The number of ether oxygens (including phenoxy) is 2. The lowest BCUT2D eigenvalue weighted by Crippen LogP contribution is -2.29. The number of benzene rings is 3. The lowest BCUT2D eigenvalue weighted by Gasteiger charge is -2.25. The van der Waals surface area contributed by atoms with E-state index in [0.717, 1.165) is 0 Å². The van der Waals surface area contributed by atoms with Crippen molar-refractivity contribution in [1.82, 2.24) is 0 Å². The molecule has 0 aliphatic carbocycles. The van der Waals surface area contributed by atoms with Crippen LogP contribution in [-0.4, -0.2) is 19.6 Å². The zero-order chi connectivity index (χ0) is 22.9. The molecule has 0 spiro atoms. The molecule has 6 nitrogen and oxygen atoms in total. The van der Waals surface area contributed by atoms with Crippen LogP contribution in [0.4, 0.5) is 5.69 Å². The van der Waals surface area contributed by atoms with Crippen LogP contribution in [0.25, 0.3) is 11.0 Å². The van der Waals surface area contributed by atoms with Gasteiger partial charge in [0.05, 0.1) is 24.1 Å². The highest BCUT2D eigenvalue weighted by Gasteiger charge is 2.43. The Morgan fingerprint density at radius 3 is 2.52 bits per heavy atom. The second kappa shape index (κ2) is 8.31. The quantitative estimate of drug-likeness (QED) is 0.390. The second-order valence-corrected chi connectivity index (χ2v) is 7.59. The maximum Gasteiger partial charge on any atom is 0.295 e. The molecule has 1 atom stereocenters. The fourth-order valence-corrected chi connectivity index (χ4v) is 4.21. The highest BCUT2D eigenvalue weighted by atomic mass is 16.5. The normalized spacial score (nSPS) is 14.9. The molecule has 0 fully saturated rings. The molecule has 0 radical (unpaired) electrons. The minimum absolute atomic E-state index is 0.0542. The monoisotopic (exact) mass is 439 g/mol. The van der Waals surface area contributed by atoms with Gasteiger partial charge in [-0.15, -0.1) is 0 Å². The van der Waals surface area contributed by atoms with Crippen LogP contribution >= 0.6 is 0 Å². The molecule has 6 heteroatoms. The van der Waals surface area contributed by atoms with Gasteiger partial charge in [0.15, 0.2) is 16.9 Å². The van der Waals surface area contributed by atoms with E-state index in [0.29, 0.717) is 45.9 Å². The van der Waals surface area contributed by atoms with Gasteiger partial charge < -0.3 is 13.9 Å². The number of anilines is 1. The summed E-state index contributed by atoms with van der Waals surface area (Å²) in [6.45, 7) is 3.99. The predicted molar refractivity (Wildman–Crippen MR) is 126 cm³/mol. The molecule has 1 unspecified atom stereocenters. The van der Waals surface area contributed by atoms with E-state index in [2.05, 4.69) is 6.58 Å². The summed E-state index contributed by atoms with van der Waals surface area (Å²) >= 11 is 0. The molecule has 0 N–H and O–H groups in total. The fraction of sp³-hybridized carbons (Fsp3) is 0.111. The highest BCUT2D eigenvalue weighted by molar-refractivity contribution is 6.10. The Kier molecular flexibility index (Phi) is 5.18. The number of fused-ring (bicyclic) bond motifs is 2. The number of para-hydroxylation sites is 2. The molecule has 0 bridgehead atoms. The van der Waals surface area contributed by atoms with Gasteiger partial charge in [-0.25, -0.2) is 0 Å². The number of nitrogens with zero attached hydrogens (tertiary/aromatic N) is 1. The van der Waals surface area contributed by atoms with E-state index in [1.165, 1.54) is 0 Å². The van der Waals surface area contributed by atoms with Gasteiger partial charge in [-0.1, -0.05) is 49.1 Å². The minimum Gasteiger partial charge on any atom is -0.493 e. The van der Waals surface area contributed by atoms with Crippen molar-refractivity contribution in [3.8, 4) is 11.5 Å². The van der Waals surface area contributed by atoms with Gasteiger partial charge in [0.2, 0.25) is 5.76 Å². The number of methoxy groups -OCH3 is 1. The van der Waals surface area contributed by atoms with E-state index in [9.17, 15) is 9.59 Å². The van der Waals surface area contributed by atoms with Crippen molar-refractivity contribution < 1.29 is 18.7 Å². The third-order valence-corrected chi connectivity index (χ3v) is 5.67. The third kappa shape index (κ3) is 3.36. The van der Waals surface area contributed by atoms with Gasteiger partial charge >= 0.3 is 0 Å². The Labute approximate surface area is 190 Å². The second-order valence-electron chi connectivity index (χ2n) is 7.59. The zero-order valence-corrected chi connectivity index (χ0v) is 18.0. The van der Waals surface area contributed by atoms with Gasteiger partial charge in [-0.2, -0.15) is 0 Å². The molecule has 164 valence electrons. The van der Waals surface area contributed by atoms with E-state index >= 15 is 0 Å². The third-order valence-electron chi connectivity index (χ3n) is 5.67. The average Bonchev–Trinajstić information content (AvgIpc) is 3.15. The number of hydrogen-bond donors (Lipinski definition) is 0. The van der Waals surface area contributed by atoms with E-state index < -0.39 is 6.04 Å². The van der Waals surface area contributed by atoms with E-state index in [1.54, 1.807) is 54.5 Å². The van der Waals surface area contributed by atoms with Crippen molar-refractivity contribution in [3.63, 3.8) is 0 Å². The molecule has 0 saturated carbocycles. The molecule has 3 aromatic carbocycles. The molecular formula is C27H21NO5. The highest BCUT2D eigenvalue weighted by Crippen LogP contribution is 2.43. The number of rotatable bonds is 6. The van der Waals surface area contributed by atoms with Crippen LogP contribution in [0.1, 0.15) is 27.7 Å². The molecule has 33 heavy (non-hydrogen) atoms. The summed E-state index contributed by atoms with van der Waals surface area (Å²) in [6.07, 6.45) is 1.65. The van der Waals surface area contributed by atoms with Crippen LogP contribution in [0, 0.1) is 0 Å². The van der Waals surface area contributed by atoms with E-state index in [4.69, 9.17) is 13.9 Å². The van der Waals surface area contributed by atoms with Crippen LogP contribution in [0.15, 0.2) is 94.7 Å². The molecule has 5 rings (SSSR count). The Morgan fingerprint density at radius 1 is 1.00 bits per heavy atom. The topological polar surface area (TPSA) is 69.0 Å². The summed E-state index contributed by atoms with van der Waals surface area (Å²) in [5.74, 6) is 0.726. The van der Waals surface area contributed by atoms with E-state index in [-0.39, 0.29) is 17.1 Å². The smallest absolute Gasteiger partial charge is 0.295 e. The van der Waals surface area contributed by atoms with Gasteiger partial charge in [0, 0.05) is 5.69 Å². The number of carbonyl (C=O) groups excluding carboxylic acids is 1. The summed E-state index contributed by atoms with van der Waals surface area (Å²) in [7, 11) is 1.55. The average molecular weight is 439 g/mol. The van der Waals surface area contributed by atoms with Crippen LogP contribution in [0.5, 0.6) is 11.5 Å². The summed E-state index contributed by atoms with van der Waals surface area (Å²) < 4.78 is 17.2. The maximum absolute atomic E-state index is 13.6. The first kappa shape index (κ1) is 20.6. The molecule has 0 saturated heterocycles. The molecule has 1 aliphatic rings. The fourth-order valence-electron chi connectivity index (χ4n) is 4.21. The van der Waals surface area contributed by atoms with Gasteiger partial charge in [0.1, 0.15) is 12.2 Å². The first-order valence-electron chi connectivity index (χ1n) is 10.5. The summed E-state index contributed by atoms with van der Waals surface area (Å²) in [5.41, 5.74) is 1.83. The maximum atomic E-state index is 13.6. The number of carbonyl (C=O) groups is 1. The molecule has 4 aromatic rings. The first-order valence-corrected chi connectivity index (χ1v) is 10.5. The lowest BCUT2D eigenvalue weighted by atomic mass is 9.97. The van der Waals surface area contributed by atoms with Gasteiger partial charge in [0.25, 0.3) is 5.91 Å². The Balaban J connectivity index is 1.75. The largest absolute Gasteiger partial charge is 0.493 e. The standard InChI is InChI=1S/C27H21NO5/c1-3-15-32-21-14-13-17(16-22(21)31-2)24-23-25(29)19-11-7-8-12-20(19)33-26(23)27(30)28(24)18-9-5-4-6-10-18/h3-14,16,24H,1,15H2,2H3. The summed E-state index contributed by atoms with van der Waals surface area (Å²) in [4.78, 5) is 28.7. The lowest BCUT2D eigenvalue weighted by molar-refractivity contribution is 0.0971.